The molecule has 2 aliphatic rings. The minimum absolute atomic E-state index is 0.635. The Kier molecular flexibility index (Phi) is 4.16. The third-order valence-corrected chi connectivity index (χ3v) is 4.72. The molecule has 0 saturated heterocycles. The number of benzene rings is 1. The van der Waals surface area contributed by atoms with Gasteiger partial charge in [0.15, 0.2) is 11.5 Å². The lowest BCUT2D eigenvalue weighted by Crippen LogP contribution is -2.32. The predicted molar refractivity (Wildman–Crippen MR) is 80.7 cm³/mol. The van der Waals surface area contributed by atoms with E-state index in [9.17, 15) is 0 Å². The maximum atomic E-state index is 5.82. The first-order chi connectivity index (χ1) is 9.79. The van der Waals surface area contributed by atoms with Crippen LogP contribution in [0.5, 0.6) is 11.5 Å². The normalized spacial score (nSPS) is 29.2. The first-order valence-electron chi connectivity index (χ1n) is 7.92. The smallest absolute Gasteiger partial charge is 0.161 e. The minimum Gasteiger partial charge on any atom is -0.490 e. The standard InChI is InChI=1S/C17H25NO2/c1-3-18-15-7-6-14(12(15)2)13-5-8-16-17(11-13)20-10-4-9-19-16/h5,8,11-12,14-15,18H,3-4,6-7,9-10H2,1-2H3. The van der Waals surface area contributed by atoms with Crippen LogP contribution in [0.3, 0.4) is 0 Å². The van der Waals surface area contributed by atoms with E-state index in [0.29, 0.717) is 17.9 Å². The van der Waals surface area contributed by atoms with Crippen LogP contribution < -0.4 is 14.8 Å². The molecule has 3 rings (SSSR count). The van der Waals surface area contributed by atoms with Crippen molar-refractivity contribution in [2.75, 3.05) is 19.8 Å². The van der Waals surface area contributed by atoms with Gasteiger partial charge in [0.25, 0.3) is 0 Å². The zero-order chi connectivity index (χ0) is 13.9. The largest absolute Gasteiger partial charge is 0.490 e. The fraction of sp³-hybridized carbons (Fsp3) is 0.647. The summed E-state index contributed by atoms with van der Waals surface area (Å²) < 4.78 is 11.5. The second-order valence-corrected chi connectivity index (χ2v) is 5.96. The Morgan fingerprint density at radius 3 is 2.75 bits per heavy atom. The zero-order valence-electron chi connectivity index (χ0n) is 12.5. The lowest BCUT2D eigenvalue weighted by molar-refractivity contribution is 0.297. The second-order valence-electron chi connectivity index (χ2n) is 5.96. The van der Waals surface area contributed by atoms with Crippen LogP contribution in [0.2, 0.25) is 0 Å². The summed E-state index contributed by atoms with van der Waals surface area (Å²) in [6.45, 7) is 7.13. The molecule has 0 bridgehead atoms. The Balaban J connectivity index is 1.79. The molecule has 3 unspecified atom stereocenters. The van der Waals surface area contributed by atoms with Gasteiger partial charge in [-0.3, -0.25) is 0 Å². The van der Waals surface area contributed by atoms with Crippen molar-refractivity contribution in [2.45, 2.75) is 45.1 Å². The molecule has 1 fully saturated rings. The Morgan fingerprint density at radius 2 is 1.95 bits per heavy atom. The molecule has 3 atom stereocenters. The molecule has 1 N–H and O–H groups in total. The molecule has 0 radical (unpaired) electrons. The van der Waals surface area contributed by atoms with Crippen molar-refractivity contribution < 1.29 is 9.47 Å². The number of ether oxygens (including phenoxy) is 2. The van der Waals surface area contributed by atoms with E-state index in [0.717, 1.165) is 37.7 Å². The number of hydrogen-bond donors (Lipinski definition) is 1. The molecule has 0 amide bonds. The third-order valence-electron chi connectivity index (χ3n) is 4.72. The van der Waals surface area contributed by atoms with E-state index in [-0.39, 0.29) is 0 Å². The second kappa shape index (κ2) is 6.04. The van der Waals surface area contributed by atoms with Crippen molar-refractivity contribution in [1.82, 2.24) is 5.32 Å². The number of hydrogen-bond acceptors (Lipinski definition) is 3. The maximum absolute atomic E-state index is 5.82. The van der Waals surface area contributed by atoms with E-state index in [4.69, 9.17) is 9.47 Å². The molecule has 0 aromatic heterocycles. The van der Waals surface area contributed by atoms with Gasteiger partial charge >= 0.3 is 0 Å². The van der Waals surface area contributed by atoms with Crippen molar-refractivity contribution >= 4 is 0 Å². The van der Waals surface area contributed by atoms with Crippen molar-refractivity contribution in [3.8, 4) is 11.5 Å². The van der Waals surface area contributed by atoms with Gasteiger partial charge in [-0.05, 0) is 48.9 Å². The Labute approximate surface area is 121 Å². The monoisotopic (exact) mass is 275 g/mol. The molecule has 1 aromatic carbocycles. The van der Waals surface area contributed by atoms with Gasteiger partial charge in [-0.2, -0.15) is 0 Å². The van der Waals surface area contributed by atoms with Gasteiger partial charge in [0.1, 0.15) is 0 Å². The highest BCUT2D eigenvalue weighted by Gasteiger charge is 2.33. The molecule has 20 heavy (non-hydrogen) atoms. The molecule has 1 aliphatic heterocycles. The molecule has 1 heterocycles. The molecule has 0 spiro atoms. The number of nitrogens with one attached hydrogen (secondary N) is 1. The SMILES string of the molecule is CCNC1CCC(c2ccc3c(c2)OCCCO3)C1C. The molecule has 1 saturated carbocycles. The van der Waals surface area contributed by atoms with Gasteiger partial charge in [0.05, 0.1) is 13.2 Å². The molecular weight excluding hydrogens is 250 g/mol. The molecule has 3 nitrogen and oxygen atoms in total. The lowest BCUT2D eigenvalue weighted by Gasteiger charge is -2.22. The number of rotatable bonds is 3. The van der Waals surface area contributed by atoms with Crippen LogP contribution in [-0.4, -0.2) is 25.8 Å². The molecular formula is C17H25NO2. The minimum atomic E-state index is 0.635. The molecule has 110 valence electrons. The van der Waals surface area contributed by atoms with E-state index >= 15 is 0 Å². The average molecular weight is 275 g/mol. The third kappa shape index (κ3) is 2.64. The maximum Gasteiger partial charge on any atom is 0.161 e. The highest BCUT2D eigenvalue weighted by atomic mass is 16.5. The first kappa shape index (κ1) is 13.7. The highest BCUT2D eigenvalue weighted by Crippen LogP contribution is 2.42. The van der Waals surface area contributed by atoms with Crippen LogP contribution in [0.15, 0.2) is 18.2 Å². The van der Waals surface area contributed by atoms with Crippen LogP contribution in [0, 0.1) is 5.92 Å². The molecule has 1 aliphatic carbocycles. The fourth-order valence-electron chi connectivity index (χ4n) is 3.60. The van der Waals surface area contributed by atoms with Crippen LogP contribution in [0.4, 0.5) is 0 Å². The summed E-state index contributed by atoms with van der Waals surface area (Å²) >= 11 is 0. The summed E-state index contributed by atoms with van der Waals surface area (Å²) in [7, 11) is 0. The van der Waals surface area contributed by atoms with Gasteiger partial charge in [-0.1, -0.05) is 19.9 Å². The first-order valence-corrected chi connectivity index (χ1v) is 7.92. The van der Waals surface area contributed by atoms with E-state index < -0.39 is 0 Å². The summed E-state index contributed by atoms with van der Waals surface area (Å²) in [4.78, 5) is 0. The van der Waals surface area contributed by atoms with Crippen molar-refractivity contribution in [3.63, 3.8) is 0 Å². The Hall–Kier alpha value is -1.22. The van der Waals surface area contributed by atoms with Gasteiger partial charge < -0.3 is 14.8 Å². The number of fused-ring (bicyclic) bond motifs is 1. The fourth-order valence-corrected chi connectivity index (χ4v) is 3.60. The summed E-state index contributed by atoms with van der Waals surface area (Å²) in [5.74, 6) is 3.15. The van der Waals surface area contributed by atoms with Crippen LogP contribution in [0.1, 0.15) is 44.6 Å². The summed E-state index contributed by atoms with van der Waals surface area (Å²) in [6.07, 6.45) is 3.50. The van der Waals surface area contributed by atoms with E-state index in [1.807, 2.05) is 0 Å². The van der Waals surface area contributed by atoms with Crippen LogP contribution in [0.25, 0.3) is 0 Å². The highest BCUT2D eigenvalue weighted by molar-refractivity contribution is 5.44. The lowest BCUT2D eigenvalue weighted by atomic mass is 9.88. The quantitative estimate of drug-likeness (QED) is 0.917. The van der Waals surface area contributed by atoms with Crippen molar-refractivity contribution in [3.05, 3.63) is 23.8 Å². The summed E-state index contributed by atoms with van der Waals surface area (Å²) in [5, 5.41) is 3.61. The van der Waals surface area contributed by atoms with Crippen LogP contribution in [-0.2, 0) is 0 Å². The van der Waals surface area contributed by atoms with Gasteiger partial charge in [-0.25, -0.2) is 0 Å². The van der Waals surface area contributed by atoms with Crippen LogP contribution >= 0.6 is 0 Å². The Morgan fingerprint density at radius 1 is 1.15 bits per heavy atom. The van der Waals surface area contributed by atoms with Gasteiger partial charge in [0.2, 0.25) is 0 Å². The van der Waals surface area contributed by atoms with Gasteiger partial charge in [0, 0.05) is 12.5 Å². The average Bonchev–Trinajstić information content (AvgIpc) is 2.69. The Bertz CT molecular complexity index is 460. The van der Waals surface area contributed by atoms with Crippen molar-refractivity contribution in [2.24, 2.45) is 5.92 Å². The molecule has 1 aromatic rings. The molecule has 3 heteroatoms. The zero-order valence-corrected chi connectivity index (χ0v) is 12.5. The van der Waals surface area contributed by atoms with Crippen molar-refractivity contribution in [1.29, 1.82) is 0 Å². The van der Waals surface area contributed by atoms with E-state index in [1.165, 1.54) is 18.4 Å². The summed E-state index contributed by atoms with van der Waals surface area (Å²) in [5.41, 5.74) is 1.40. The van der Waals surface area contributed by atoms with E-state index in [1.54, 1.807) is 0 Å². The summed E-state index contributed by atoms with van der Waals surface area (Å²) in [6, 6.07) is 7.17. The predicted octanol–water partition coefficient (Wildman–Crippen LogP) is 3.34. The van der Waals surface area contributed by atoms with E-state index in [2.05, 4.69) is 37.4 Å². The van der Waals surface area contributed by atoms with Gasteiger partial charge in [-0.15, -0.1) is 0 Å². The topological polar surface area (TPSA) is 30.5 Å².